The van der Waals surface area contributed by atoms with Crippen LogP contribution in [0.3, 0.4) is 0 Å². The van der Waals surface area contributed by atoms with Gasteiger partial charge in [0.05, 0.1) is 7.11 Å². The van der Waals surface area contributed by atoms with Crippen molar-refractivity contribution in [3.63, 3.8) is 0 Å². The number of amides is 1. The largest absolute Gasteiger partial charge is 0.480 e. The minimum Gasteiger partial charge on any atom is -0.480 e. The molecule has 1 aromatic rings. The lowest BCUT2D eigenvalue weighted by Crippen LogP contribution is -2.18. The van der Waals surface area contributed by atoms with Gasteiger partial charge in [-0.3, -0.25) is 4.79 Å². The third-order valence-corrected chi connectivity index (χ3v) is 1.91. The third-order valence-electron chi connectivity index (χ3n) is 1.91. The van der Waals surface area contributed by atoms with Gasteiger partial charge in [-0.05, 0) is 18.6 Å². The lowest BCUT2D eigenvalue weighted by atomic mass is 10.1. The van der Waals surface area contributed by atoms with Gasteiger partial charge in [0.25, 0.3) is 5.91 Å². The van der Waals surface area contributed by atoms with Crippen molar-refractivity contribution in [2.45, 2.75) is 13.1 Å². The number of aryl methyl sites for hydroxylation is 1. The van der Waals surface area contributed by atoms with Crippen LogP contribution < -0.4 is 10.5 Å². The van der Waals surface area contributed by atoms with E-state index in [2.05, 4.69) is 9.72 Å². The summed E-state index contributed by atoms with van der Waals surface area (Å²) in [6, 6.07) is 0.753. The van der Waals surface area contributed by atoms with Crippen LogP contribution in [0.2, 0.25) is 0 Å². The van der Waals surface area contributed by atoms with Gasteiger partial charge in [-0.15, -0.1) is 0 Å². The molecule has 2 N–H and O–H groups in total. The first kappa shape index (κ1) is 12.3. The van der Waals surface area contributed by atoms with E-state index in [1.807, 2.05) is 0 Å². The molecule has 0 bridgehead atoms. The quantitative estimate of drug-likeness (QED) is 0.843. The molecule has 1 aromatic heterocycles. The van der Waals surface area contributed by atoms with Gasteiger partial charge >= 0.3 is 6.18 Å². The van der Waals surface area contributed by atoms with Crippen molar-refractivity contribution in [1.29, 1.82) is 0 Å². The topological polar surface area (TPSA) is 65.2 Å². The first-order chi connectivity index (χ1) is 7.27. The molecule has 88 valence electrons. The van der Waals surface area contributed by atoms with Gasteiger partial charge in [-0.1, -0.05) is 0 Å². The summed E-state index contributed by atoms with van der Waals surface area (Å²) in [5, 5.41) is 0. The summed E-state index contributed by atoms with van der Waals surface area (Å²) >= 11 is 0. The predicted octanol–water partition coefficient (Wildman–Crippen LogP) is 1.52. The Kier molecular flexibility index (Phi) is 3.06. The van der Waals surface area contributed by atoms with Crippen molar-refractivity contribution in [2.75, 3.05) is 7.11 Å². The molecule has 0 spiro atoms. The molecule has 7 heteroatoms. The Morgan fingerprint density at radius 2 is 2.06 bits per heavy atom. The summed E-state index contributed by atoms with van der Waals surface area (Å²) in [4.78, 5) is 14.2. The lowest BCUT2D eigenvalue weighted by molar-refractivity contribution is -0.141. The average molecular weight is 234 g/mol. The number of methoxy groups -OCH3 is 1. The SMILES string of the molecule is COc1nc(C(F)(F)F)cc(C)c1C(N)=O. The molecular formula is C9H9F3N2O2. The highest BCUT2D eigenvalue weighted by molar-refractivity contribution is 5.96. The number of alkyl halides is 3. The average Bonchev–Trinajstić information content (AvgIpc) is 2.14. The summed E-state index contributed by atoms with van der Waals surface area (Å²) < 4.78 is 41.8. The number of nitrogens with two attached hydrogens (primary N) is 1. The molecule has 16 heavy (non-hydrogen) atoms. The van der Waals surface area contributed by atoms with E-state index >= 15 is 0 Å². The van der Waals surface area contributed by atoms with E-state index in [1.165, 1.54) is 6.92 Å². The van der Waals surface area contributed by atoms with Crippen LogP contribution in [0.4, 0.5) is 13.2 Å². The van der Waals surface area contributed by atoms with Crippen molar-refractivity contribution in [2.24, 2.45) is 5.73 Å². The van der Waals surface area contributed by atoms with Crippen LogP contribution in [-0.4, -0.2) is 18.0 Å². The molecule has 1 rings (SSSR count). The van der Waals surface area contributed by atoms with Crippen molar-refractivity contribution < 1.29 is 22.7 Å². The Hall–Kier alpha value is -1.79. The molecule has 0 aliphatic rings. The van der Waals surface area contributed by atoms with Crippen LogP contribution in [0, 0.1) is 6.92 Å². The van der Waals surface area contributed by atoms with E-state index in [-0.39, 0.29) is 11.1 Å². The highest BCUT2D eigenvalue weighted by Gasteiger charge is 2.34. The zero-order chi connectivity index (χ0) is 12.5. The van der Waals surface area contributed by atoms with Crippen molar-refractivity contribution in [3.05, 3.63) is 22.9 Å². The second-order valence-corrected chi connectivity index (χ2v) is 3.07. The molecule has 4 nitrogen and oxygen atoms in total. The molecule has 1 heterocycles. The van der Waals surface area contributed by atoms with Gasteiger partial charge in [0.15, 0.2) is 0 Å². The number of ether oxygens (including phenoxy) is 1. The number of rotatable bonds is 2. The molecule has 0 atom stereocenters. The summed E-state index contributed by atoms with van der Waals surface area (Å²) in [7, 11) is 1.12. The zero-order valence-electron chi connectivity index (χ0n) is 8.55. The van der Waals surface area contributed by atoms with E-state index in [0.29, 0.717) is 0 Å². The van der Waals surface area contributed by atoms with Crippen molar-refractivity contribution >= 4 is 5.91 Å². The minimum absolute atomic E-state index is 0.0756. The fraction of sp³-hybridized carbons (Fsp3) is 0.333. The van der Waals surface area contributed by atoms with Crippen LogP contribution in [0.5, 0.6) is 5.88 Å². The lowest BCUT2D eigenvalue weighted by Gasteiger charge is -2.12. The summed E-state index contributed by atoms with van der Waals surface area (Å²) in [5.41, 5.74) is 3.82. The molecule has 0 radical (unpaired) electrons. The van der Waals surface area contributed by atoms with E-state index in [4.69, 9.17) is 5.73 Å². The first-order valence-corrected chi connectivity index (χ1v) is 4.20. The van der Waals surface area contributed by atoms with Crippen LogP contribution >= 0.6 is 0 Å². The maximum Gasteiger partial charge on any atom is 0.433 e. The highest BCUT2D eigenvalue weighted by Crippen LogP contribution is 2.31. The first-order valence-electron chi connectivity index (χ1n) is 4.20. The maximum absolute atomic E-state index is 12.4. The molecular weight excluding hydrogens is 225 g/mol. The Morgan fingerprint density at radius 3 is 2.44 bits per heavy atom. The van der Waals surface area contributed by atoms with Gasteiger partial charge in [-0.2, -0.15) is 13.2 Å². The molecule has 0 unspecified atom stereocenters. The number of hydrogen-bond acceptors (Lipinski definition) is 3. The van der Waals surface area contributed by atoms with Crippen molar-refractivity contribution in [1.82, 2.24) is 4.98 Å². The molecule has 0 aliphatic heterocycles. The van der Waals surface area contributed by atoms with Crippen LogP contribution in [-0.2, 0) is 6.18 Å². The van der Waals surface area contributed by atoms with Gasteiger partial charge in [0.2, 0.25) is 5.88 Å². The molecule has 0 saturated heterocycles. The normalized spacial score (nSPS) is 11.3. The summed E-state index contributed by atoms with van der Waals surface area (Å²) in [6.45, 7) is 1.33. The van der Waals surface area contributed by atoms with Gasteiger partial charge in [0, 0.05) is 0 Å². The summed E-state index contributed by atoms with van der Waals surface area (Å²) in [5.74, 6) is -1.30. The fourth-order valence-corrected chi connectivity index (χ4v) is 1.24. The van der Waals surface area contributed by atoms with Crippen LogP contribution in [0.25, 0.3) is 0 Å². The number of halogens is 3. The number of carbonyl (C=O) groups is 1. The van der Waals surface area contributed by atoms with Gasteiger partial charge in [-0.25, -0.2) is 4.98 Å². The Morgan fingerprint density at radius 1 is 1.50 bits per heavy atom. The number of aromatic nitrogens is 1. The van der Waals surface area contributed by atoms with Crippen LogP contribution in [0.15, 0.2) is 6.07 Å². The zero-order valence-corrected chi connectivity index (χ0v) is 8.55. The maximum atomic E-state index is 12.4. The molecule has 0 fully saturated rings. The third kappa shape index (κ3) is 2.23. The fourth-order valence-electron chi connectivity index (χ4n) is 1.24. The Balaban J connectivity index is 3.44. The standard InChI is InChI=1S/C9H9F3N2O2/c1-4-3-5(9(10,11)12)14-8(16-2)6(4)7(13)15/h3H,1-2H3,(H2,13,15). The van der Waals surface area contributed by atoms with Gasteiger partial charge in [0.1, 0.15) is 11.3 Å². The number of pyridine rings is 1. The smallest absolute Gasteiger partial charge is 0.433 e. The van der Waals surface area contributed by atoms with Gasteiger partial charge < -0.3 is 10.5 Å². The second-order valence-electron chi connectivity index (χ2n) is 3.07. The Bertz CT molecular complexity index is 429. The number of nitrogens with zero attached hydrogens (tertiary/aromatic N) is 1. The molecule has 0 aromatic carbocycles. The van der Waals surface area contributed by atoms with Crippen molar-refractivity contribution in [3.8, 4) is 5.88 Å². The van der Waals surface area contributed by atoms with E-state index in [1.54, 1.807) is 0 Å². The predicted molar refractivity (Wildman–Crippen MR) is 49.0 cm³/mol. The Labute approximate surface area is 89.2 Å². The second kappa shape index (κ2) is 3.99. The number of hydrogen-bond donors (Lipinski definition) is 1. The highest BCUT2D eigenvalue weighted by atomic mass is 19.4. The number of carbonyl (C=O) groups excluding carboxylic acids is 1. The van der Waals surface area contributed by atoms with Crippen LogP contribution in [0.1, 0.15) is 21.6 Å². The molecule has 0 aliphatic carbocycles. The van der Waals surface area contributed by atoms with E-state index < -0.39 is 23.7 Å². The van der Waals surface area contributed by atoms with E-state index in [9.17, 15) is 18.0 Å². The molecule has 1 amide bonds. The summed E-state index contributed by atoms with van der Waals surface area (Å²) in [6.07, 6.45) is -4.59. The monoisotopic (exact) mass is 234 g/mol. The van der Waals surface area contributed by atoms with E-state index in [0.717, 1.165) is 13.2 Å². The minimum atomic E-state index is -4.59. The molecule has 0 saturated carbocycles. The number of primary amides is 1.